The summed E-state index contributed by atoms with van der Waals surface area (Å²) in [7, 11) is 0. The Hall–Kier alpha value is -1.61. The number of hydrogen-bond donors (Lipinski definition) is 0. The molecular weight excluding hydrogens is 256 g/mol. The average molecular weight is 274 g/mol. The zero-order valence-electron chi connectivity index (χ0n) is 11.3. The molecule has 0 unspecified atom stereocenters. The van der Waals surface area contributed by atoms with Gasteiger partial charge in [0.25, 0.3) is 0 Å². The normalized spacial score (nSPS) is 10.4. The van der Waals surface area contributed by atoms with Gasteiger partial charge in [0, 0.05) is 4.88 Å². The molecule has 2 rings (SSSR count). The highest BCUT2D eigenvalue weighted by atomic mass is 32.1. The quantitative estimate of drug-likeness (QED) is 0.740. The molecule has 3 heteroatoms. The number of ketones is 1. The lowest BCUT2D eigenvalue weighted by atomic mass is 10.1. The third kappa shape index (κ3) is 3.44. The number of para-hydroxylation sites is 1. The SMILES string of the molecule is CCc1ccc(C(=O)COc2ccccc2CC)s1. The minimum absolute atomic E-state index is 0.0515. The molecule has 0 radical (unpaired) electrons. The van der Waals surface area contributed by atoms with Gasteiger partial charge in [-0.15, -0.1) is 11.3 Å². The van der Waals surface area contributed by atoms with Crippen molar-refractivity contribution in [1.82, 2.24) is 0 Å². The van der Waals surface area contributed by atoms with E-state index in [-0.39, 0.29) is 12.4 Å². The van der Waals surface area contributed by atoms with Gasteiger partial charge >= 0.3 is 0 Å². The first-order valence-electron chi connectivity index (χ1n) is 6.57. The third-order valence-electron chi connectivity index (χ3n) is 3.00. The molecular formula is C16H18O2S. The molecule has 2 aromatic rings. The van der Waals surface area contributed by atoms with Crippen molar-refractivity contribution in [3.8, 4) is 5.75 Å². The molecule has 0 saturated heterocycles. The number of carbonyl (C=O) groups is 1. The van der Waals surface area contributed by atoms with Crippen molar-refractivity contribution in [2.45, 2.75) is 26.7 Å². The molecule has 100 valence electrons. The average Bonchev–Trinajstić information content (AvgIpc) is 2.94. The van der Waals surface area contributed by atoms with E-state index >= 15 is 0 Å². The van der Waals surface area contributed by atoms with Crippen molar-refractivity contribution in [1.29, 1.82) is 0 Å². The molecule has 19 heavy (non-hydrogen) atoms. The predicted octanol–water partition coefficient (Wildman–Crippen LogP) is 4.13. The second-order valence-electron chi connectivity index (χ2n) is 4.29. The Balaban J connectivity index is 2.00. The number of thiophene rings is 1. The van der Waals surface area contributed by atoms with E-state index in [1.807, 2.05) is 36.4 Å². The van der Waals surface area contributed by atoms with Gasteiger partial charge in [0.1, 0.15) is 5.75 Å². The molecule has 0 amide bonds. The number of aryl methyl sites for hydroxylation is 2. The maximum absolute atomic E-state index is 12.0. The smallest absolute Gasteiger partial charge is 0.210 e. The van der Waals surface area contributed by atoms with Crippen LogP contribution in [0.5, 0.6) is 5.75 Å². The molecule has 0 atom stereocenters. The van der Waals surface area contributed by atoms with Gasteiger partial charge in [-0.3, -0.25) is 4.79 Å². The molecule has 0 spiro atoms. The summed E-state index contributed by atoms with van der Waals surface area (Å²) in [5, 5.41) is 0. The van der Waals surface area contributed by atoms with Crippen molar-refractivity contribution in [3.05, 3.63) is 51.7 Å². The Morgan fingerprint density at radius 1 is 1.11 bits per heavy atom. The van der Waals surface area contributed by atoms with Gasteiger partial charge in [-0.25, -0.2) is 0 Å². The summed E-state index contributed by atoms with van der Waals surface area (Å²) in [5.41, 5.74) is 1.13. The number of hydrogen-bond acceptors (Lipinski definition) is 3. The zero-order valence-corrected chi connectivity index (χ0v) is 12.1. The monoisotopic (exact) mass is 274 g/mol. The van der Waals surface area contributed by atoms with Crippen LogP contribution in [0.2, 0.25) is 0 Å². The first-order chi connectivity index (χ1) is 9.24. The lowest BCUT2D eigenvalue weighted by Gasteiger charge is -2.08. The van der Waals surface area contributed by atoms with E-state index in [9.17, 15) is 4.79 Å². The highest BCUT2D eigenvalue weighted by Gasteiger charge is 2.10. The Labute approximate surface area is 118 Å². The second kappa shape index (κ2) is 6.53. The highest BCUT2D eigenvalue weighted by molar-refractivity contribution is 7.14. The van der Waals surface area contributed by atoms with E-state index in [0.717, 1.165) is 29.0 Å². The fraction of sp³-hybridized carbons (Fsp3) is 0.312. The van der Waals surface area contributed by atoms with Crippen molar-refractivity contribution < 1.29 is 9.53 Å². The van der Waals surface area contributed by atoms with Gasteiger partial charge in [-0.05, 0) is 36.6 Å². The molecule has 0 aliphatic carbocycles. The summed E-state index contributed by atoms with van der Waals surface area (Å²) in [6.45, 7) is 4.28. The van der Waals surface area contributed by atoms with E-state index < -0.39 is 0 Å². The largest absolute Gasteiger partial charge is 0.485 e. The van der Waals surface area contributed by atoms with Gasteiger partial charge in [0.2, 0.25) is 5.78 Å². The number of ether oxygens (including phenoxy) is 1. The zero-order chi connectivity index (χ0) is 13.7. The summed E-state index contributed by atoms with van der Waals surface area (Å²) < 4.78 is 5.64. The van der Waals surface area contributed by atoms with Crippen LogP contribution in [-0.4, -0.2) is 12.4 Å². The van der Waals surface area contributed by atoms with Crippen LogP contribution in [0.1, 0.15) is 34.0 Å². The van der Waals surface area contributed by atoms with Gasteiger partial charge in [-0.1, -0.05) is 32.0 Å². The van der Waals surface area contributed by atoms with Crippen LogP contribution in [0.15, 0.2) is 36.4 Å². The first-order valence-corrected chi connectivity index (χ1v) is 7.38. The topological polar surface area (TPSA) is 26.3 Å². The van der Waals surface area contributed by atoms with Crippen LogP contribution in [0, 0.1) is 0 Å². The maximum Gasteiger partial charge on any atom is 0.210 e. The lowest BCUT2D eigenvalue weighted by molar-refractivity contribution is 0.0925. The molecule has 2 nitrogen and oxygen atoms in total. The molecule has 1 aromatic carbocycles. The number of carbonyl (C=O) groups excluding carboxylic acids is 1. The van der Waals surface area contributed by atoms with Crippen molar-refractivity contribution in [2.24, 2.45) is 0 Å². The third-order valence-corrected chi connectivity index (χ3v) is 4.27. The van der Waals surface area contributed by atoms with Crippen molar-refractivity contribution in [3.63, 3.8) is 0 Å². The molecule has 0 N–H and O–H groups in total. The van der Waals surface area contributed by atoms with Gasteiger partial charge in [0.15, 0.2) is 6.61 Å². The van der Waals surface area contributed by atoms with E-state index in [0.29, 0.717) is 0 Å². The Kier molecular flexibility index (Phi) is 4.74. The van der Waals surface area contributed by atoms with Crippen molar-refractivity contribution in [2.75, 3.05) is 6.61 Å². The van der Waals surface area contributed by atoms with Crippen LogP contribution in [0.3, 0.4) is 0 Å². The molecule has 0 saturated carbocycles. The van der Waals surface area contributed by atoms with E-state index in [1.165, 1.54) is 4.88 Å². The fourth-order valence-corrected chi connectivity index (χ4v) is 2.74. The standard InChI is InChI=1S/C16H18O2S/c1-3-12-7-5-6-8-15(12)18-11-14(17)16-10-9-13(4-2)19-16/h5-10H,3-4,11H2,1-2H3. The summed E-state index contributed by atoms with van der Waals surface area (Å²) in [6, 6.07) is 11.8. The minimum Gasteiger partial charge on any atom is -0.485 e. The van der Waals surface area contributed by atoms with Crippen LogP contribution >= 0.6 is 11.3 Å². The fourth-order valence-electron chi connectivity index (χ4n) is 1.87. The van der Waals surface area contributed by atoms with E-state index in [4.69, 9.17) is 4.74 Å². The van der Waals surface area contributed by atoms with Crippen LogP contribution in [0.25, 0.3) is 0 Å². The van der Waals surface area contributed by atoms with E-state index in [1.54, 1.807) is 11.3 Å². The molecule has 0 aliphatic heterocycles. The van der Waals surface area contributed by atoms with Gasteiger partial charge in [-0.2, -0.15) is 0 Å². The lowest BCUT2D eigenvalue weighted by Crippen LogP contribution is -2.10. The second-order valence-corrected chi connectivity index (χ2v) is 5.46. The number of Topliss-reactive ketones (excluding diaryl/α,β-unsaturated/α-hetero) is 1. The summed E-state index contributed by atoms with van der Waals surface area (Å²) in [4.78, 5) is 14.0. The summed E-state index contributed by atoms with van der Waals surface area (Å²) in [6.07, 6.45) is 1.88. The van der Waals surface area contributed by atoms with Crippen LogP contribution in [0.4, 0.5) is 0 Å². The van der Waals surface area contributed by atoms with Gasteiger partial charge in [0.05, 0.1) is 4.88 Å². The molecule has 0 fully saturated rings. The Morgan fingerprint density at radius 3 is 2.58 bits per heavy atom. The van der Waals surface area contributed by atoms with Crippen molar-refractivity contribution >= 4 is 17.1 Å². The number of benzene rings is 1. The van der Waals surface area contributed by atoms with Crippen LogP contribution in [-0.2, 0) is 12.8 Å². The molecule has 0 aliphatic rings. The Morgan fingerprint density at radius 2 is 1.89 bits per heavy atom. The highest BCUT2D eigenvalue weighted by Crippen LogP contribution is 2.20. The maximum atomic E-state index is 12.0. The summed E-state index contributed by atoms with van der Waals surface area (Å²) >= 11 is 1.56. The Bertz CT molecular complexity index is 557. The number of rotatable bonds is 6. The van der Waals surface area contributed by atoms with Crippen LogP contribution < -0.4 is 4.74 Å². The van der Waals surface area contributed by atoms with E-state index in [2.05, 4.69) is 13.8 Å². The van der Waals surface area contributed by atoms with Gasteiger partial charge < -0.3 is 4.74 Å². The molecule has 1 aromatic heterocycles. The summed E-state index contributed by atoms with van der Waals surface area (Å²) in [5.74, 6) is 0.862. The first kappa shape index (κ1) is 13.8. The predicted molar refractivity (Wildman–Crippen MR) is 79.3 cm³/mol. The molecule has 1 heterocycles. The minimum atomic E-state index is 0.0515. The molecule has 0 bridgehead atoms.